The van der Waals surface area contributed by atoms with Gasteiger partial charge in [-0.05, 0) is 45.0 Å². The van der Waals surface area contributed by atoms with Gasteiger partial charge in [0, 0.05) is 24.5 Å². The predicted molar refractivity (Wildman–Crippen MR) is 76.6 cm³/mol. The zero-order valence-corrected chi connectivity index (χ0v) is 12.4. The van der Waals surface area contributed by atoms with Crippen LogP contribution in [-0.4, -0.2) is 26.5 Å². The maximum Gasteiger partial charge on any atom is 0.193 e. The van der Waals surface area contributed by atoms with Crippen LogP contribution in [0.25, 0.3) is 0 Å². The standard InChI is InChI=1S/C13H17N5S/c1-5-14-11-9(3)12(18-10(4)17-11)19-13-15-6-8(2)7-16-13/h6-7H,5H2,1-4H3,(H,14,17,18). The summed E-state index contributed by atoms with van der Waals surface area (Å²) in [6.45, 7) is 8.75. The van der Waals surface area contributed by atoms with Gasteiger partial charge < -0.3 is 5.32 Å². The van der Waals surface area contributed by atoms with Gasteiger partial charge in [0.15, 0.2) is 5.16 Å². The number of hydrogen-bond acceptors (Lipinski definition) is 6. The van der Waals surface area contributed by atoms with E-state index >= 15 is 0 Å². The average molecular weight is 275 g/mol. The Morgan fingerprint density at radius 3 is 2.42 bits per heavy atom. The van der Waals surface area contributed by atoms with Crippen LogP contribution in [0.3, 0.4) is 0 Å². The van der Waals surface area contributed by atoms with Crippen LogP contribution in [0.1, 0.15) is 23.9 Å². The molecule has 1 N–H and O–H groups in total. The summed E-state index contributed by atoms with van der Waals surface area (Å²) in [5, 5.41) is 4.85. The molecule has 0 aromatic carbocycles. The summed E-state index contributed by atoms with van der Waals surface area (Å²) in [6, 6.07) is 0. The van der Waals surface area contributed by atoms with Crippen molar-refractivity contribution >= 4 is 17.6 Å². The van der Waals surface area contributed by atoms with E-state index in [0.29, 0.717) is 5.16 Å². The number of aryl methyl sites for hydroxylation is 2. The number of hydrogen-bond donors (Lipinski definition) is 1. The molecule has 0 radical (unpaired) electrons. The molecule has 0 aliphatic carbocycles. The van der Waals surface area contributed by atoms with Gasteiger partial charge in [-0.2, -0.15) is 0 Å². The van der Waals surface area contributed by atoms with Crippen LogP contribution in [0.2, 0.25) is 0 Å². The largest absolute Gasteiger partial charge is 0.370 e. The zero-order chi connectivity index (χ0) is 13.8. The number of rotatable bonds is 4. The third-order valence-electron chi connectivity index (χ3n) is 2.50. The smallest absolute Gasteiger partial charge is 0.193 e. The normalized spacial score (nSPS) is 10.5. The molecule has 0 amide bonds. The molecule has 0 bridgehead atoms. The molecule has 0 saturated heterocycles. The molecule has 0 fully saturated rings. The fourth-order valence-electron chi connectivity index (χ4n) is 1.56. The first kappa shape index (κ1) is 13.7. The van der Waals surface area contributed by atoms with Crippen LogP contribution in [0.4, 0.5) is 5.82 Å². The Morgan fingerprint density at radius 1 is 1.11 bits per heavy atom. The van der Waals surface area contributed by atoms with Crippen LogP contribution in [0, 0.1) is 20.8 Å². The molecule has 0 atom stereocenters. The van der Waals surface area contributed by atoms with Crippen LogP contribution in [-0.2, 0) is 0 Å². The van der Waals surface area contributed by atoms with Crippen molar-refractivity contribution in [2.75, 3.05) is 11.9 Å². The molecule has 2 rings (SSSR count). The Kier molecular flexibility index (Phi) is 4.31. The van der Waals surface area contributed by atoms with Crippen molar-refractivity contribution in [3.63, 3.8) is 0 Å². The van der Waals surface area contributed by atoms with Crippen molar-refractivity contribution < 1.29 is 0 Å². The van der Waals surface area contributed by atoms with E-state index in [-0.39, 0.29) is 0 Å². The molecule has 0 spiro atoms. The maximum atomic E-state index is 4.47. The quantitative estimate of drug-likeness (QED) is 0.684. The zero-order valence-electron chi connectivity index (χ0n) is 11.6. The first-order chi connectivity index (χ1) is 9.10. The molecule has 0 unspecified atom stereocenters. The minimum absolute atomic E-state index is 0.703. The van der Waals surface area contributed by atoms with Gasteiger partial charge in [-0.15, -0.1) is 0 Å². The molecule has 0 aliphatic rings. The molecular formula is C13H17N5S. The Morgan fingerprint density at radius 2 is 1.79 bits per heavy atom. The van der Waals surface area contributed by atoms with Crippen LogP contribution < -0.4 is 5.32 Å². The van der Waals surface area contributed by atoms with Gasteiger partial charge in [0.25, 0.3) is 0 Å². The topological polar surface area (TPSA) is 63.6 Å². The summed E-state index contributed by atoms with van der Waals surface area (Å²) < 4.78 is 0. The second-order valence-electron chi connectivity index (χ2n) is 4.22. The Balaban J connectivity index is 2.31. The van der Waals surface area contributed by atoms with Gasteiger partial charge in [0.1, 0.15) is 16.7 Å². The molecular weight excluding hydrogens is 258 g/mol. The minimum Gasteiger partial charge on any atom is -0.370 e. The van der Waals surface area contributed by atoms with Crippen molar-refractivity contribution in [3.8, 4) is 0 Å². The van der Waals surface area contributed by atoms with E-state index in [0.717, 1.165) is 34.3 Å². The number of aromatic nitrogens is 4. The molecule has 19 heavy (non-hydrogen) atoms. The van der Waals surface area contributed by atoms with Crippen molar-refractivity contribution in [3.05, 3.63) is 29.3 Å². The van der Waals surface area contributed by atoms with Crippen molar-refractivity contribution in [2.24, 2.45) is 0 Å². The molecule has 100 valence electrons. The fraction of sp³-hybridized carbons (Fsp3) is 0.385. The van der Waals surface area contributed by atoms with E-state index in [1.54, 1.807) is 0 Å². The summed E-state index contributed by atoms with van der Waals surface area (Å²) in [6.07, 6.45) is 3.62. The van der Waals surface area contributed by atoms with Gasteiger partial charge in [-0.3, -0.25) is 0 Å². The second-order valence-corrected chi connectivity index (χ2v) is 5.18. The molecule has 2 aromatic rings. The number of nitrogens with one attached hydrogen (secondary N) is 1. The van der Waals surface area contributed by atoms with Gasteiger partial charge in [0.05, 0.1) is 0 Å². The van der Waals surface area contributed by atoms with Gasteiger partial charge in [-0.1, -0.05) is 0 Å². The molecule has 2 heterocycles. The lowest BCUT2D eigenvalue weighted by molar-refractivity contribution is 0.911. The Labute approximate surface area is 117 Å². The van der Waals surface area contributed by atoms with E-state index in [2.05, 4.69) is 25.3 Å². The summed E-state index contributed by atoms with van der Waals surface area (Å²) in [7, 11) is 0. The second kappa shape index (κ2) is 5.97. The molecule has 0 saturated carbocycles. The van der Waals surface area contributed by atoms with Crippen molar-refractivity contribution in [1.29, 1.82) is 0 Å². The van der Waals surface area contributed by atoms with Crippen LogP contribution >= 0.6 is 11.8 Å². The van der Waals surface area contributed by atoms with Crippen LogP contribution in [0.5, 0.6) is 0 Å². The Bertz CT molecular complexity index is 568. The Hall–Kier alpha value is -1.69. The first-order valence-corrected chi connectivity index (χ1v) is 6.97. The maximum absolute atomic E-state index is 4.47. The highest BCUT2D eigenvalue weighted by Gasteiger charge is 2.11. The van der Waals surface area contributed by atoms with E-state index in [1.807, 2.05) is 40.1 Å². The van der Waals surface area contributed by atoms with Gasteiger partial charge in [0.2, 0.25) is 0 Å². The van der Waals surface area contributed by atoms with E-state index in [9.17, 15) is 0 Å². The fourth-order valence-corrected chi connectivity index (χ4v) is 2.37. The molecule has 0 aliphatic heterocycles. The van der Waals surface area contributed by atoms with E-state index in [4.69, 9.17) is 0 Å². The SMILES string of the molecule is CCNc1nc(C)nc(Sc2ncc(C)cn2)c1C. The number of anilines is 1. The molecule has 5 nitrogen and oxygen atoms in total. The summed E-state index contributed by atoms with van der Waals surface area (Å²) >= 11 is 1.46. The highest BCUT2D eigenvalue weighted by Crippen LogP contribution is 2.28. The highest BCUT2D eigenvalue weighted by atomic mass is 32.2. The molecule has 2 aromatic heterocycles. The third-order valence-corrected chi connectivity index (χ3v) is 3.49. The number of nitrogens with zero attached hydrogens (tertiary/aromatic N) is 4. The summed E-state index contributed by atoms with van der Waals surface area (Å²) in [5.41, 5.74) is 2.08. The first-order valence-electron chi connectivity index (χ1n) is 6.15. The van der Waals surface area contributed by atoms with E-state index in [1.165, 1.54) is 11.8 Å². The molecule has 6 heteroatoms. The minimum atomic E-state index is 0.703. The summed E-state index contributed by atoms with van der Waals surface area (Å²) in [4.78, 5) is 17.4. The van der Waals surface area contributed by atoms with Gasteiger partial charge >= 0.3 is 0 Å². The lowest BCUT2D eigenvalue weighted by atomic mass is 10.3. The van der Waals surface area contributed by atoms with E-state index < -0.39 is 0 Å². The summed E-state index contributed by atoms with van der Waals surface area (Å²) in [5.74, 6) is 1.63. The monoisotopic (exact) mass is 275 g/mol. The van der Waals surface area contributed by atoms with Crippen molar-refractivity contribution in [1.82, 2.24) is 19.9 Å². The lowest BCUT2D eigenvalue weighted by Gasteiger charge is -2.10. The predicted octanol–water partition coefficient (Wildman–Crippen LogP) is 2.77. The van der Waals surface area contributed by atoms with Gasteiger partial charge in [-0.25, -0.2) is 19.9 Å². The third kappa shape index (κ3) is 3.41. The highest BCUT2D eigenvalue weighted by molar-refractivity contribution is 7.99. The van der Waals surface area contributed by atoms with Crippen molar-refractivity contribution in [2.45, 2.75) is 37.9 Å². The van der Waals surface area contributed by atoms with Crippen LogP contribution in [0.15, 0.2) is 22.6 Å². The lowest BCUT2D eigenvalue weighted by Crippen LogP contribution is -2.05. The average Bonchev–Trinajstić information content (AvgIpc) is 2.38.